The highest BCUT2D eigenvalue weighted by Gasteiger charge is 2.69. The van der Waals surface area contributed by atoms with E-state index in [1.807, 2.05) is 6.92 Å². The lowest BCUT2D eigenvalue weighted by atomic mass is 9.34. The predicted molar refractivity (Wildman–Crippen MR) is 226 cm³/mol. The molecular weight excluding hydrogens is 852 g/mol. The fourth-order valence-corrected chi connectivity index (χ4v) is 15.0. The first-order valence-electron chi connectivity index (χ1n) is 23.9. The Morgan fingerprint density at radius 2 is 1.34 bits per heavy atom. The van der Waals surface area contributed by atoms with E-state index in [1.54, 1.807) is 0 Å². The molecule has 7 fully saturated rings. The zero-order chi connectivity index (χ0) is 47.3. The van der Waals surface area contributed by atoms with Crippen LogP contribution in [-0.4, -0.2) is 181 Å². The van der Waals surface area contributed by atoms with Gasteiger partial charge in [0.1, 0.15) is 67.1 Å². The number of esters is 1. The minimum Gasteiger partial charge on any atom is -0.432 e. The SMILES string of the molecule is CC1(C)C[C@H](C(=O)O[C@@H]2O[C@H](CO)[C@@H](O)[C@H](O)[C@H]2O)[C@@H]2CC[C@]3(C)C(=CC[C@@H]4[C@@]5(C)CC[C@@H](O[C@@H]6O[C@H](CO)[C@@H](O)[C@@H](O)[C@H]6O[C@@H]6OC[C@H](O)[C@H](O)[C@@H]6O)[C@](C)(CO)[C@H]5CC[C@@]43C)[C@H]2C1. The molecule has 0 bridgehead atoms. The molecule has 3 aliphatic heterocycles. The Balaban J connectivity index is 1.03. The molecule has 0 aromatic heterocycles. The van der Waals surface area contributed by atoms with Crippen LogP contribution in [0.5, 0.6) is 0 Å². The molecule has 0 aromatic carbocycles. The van der Waals surface area contributed by atoms with Gasteiger partial charge in [-0.25, -0.2) is 0 Å². The van der Waals surface area contributed by atoms with Crippen LogP contribution in [-0.2, 0) is 33.2 Å². The van der Waals surface area contributed by atoms with Gasteiger partial charge < -0.3 is 84.6 Å². The van der Waals surface area contributed by atoms with E-state index in [9.17, 15) is 61.0 Å². The molecule has 4 saturated carbocycles. The van der Waals surface area contributed by atoms with Crippen molar-refractivity contribution in [3.8, 4) is 0 Å². The first-order chi connectivity index (χ1) is 30.5. The van der Waals surface area contributed by atoms with E-state index in [0.717, 1.165) is 44.9 Å². The molecule has 5 aliphatic carbocycles. The Morgan fingerprint density at radius 1 is 0.692 bits per heavy atom. The molecule has 8 aliphatic rings. The van der Waals surface area contributed by atoms with Gasteiger partial charge in [0.15, 0.2) is 12.6 Å². The summed E-state index contributed by atoms with van der Waals surface area (Å²) in [5, 5.41) is 116. The average Bonchev–Trinajstić information content (AvgIpc) is 3.26. The quantitative estimate of drug-likeness (QED) is 0.0797. The van der Waals surface area contributed by atoms with Crippen LogP contribution < -0.4 is 0 Å². The number of carbonyl (C=O) groups is 1. The van der Waals surface area contributed by atoms with Crippen molar-refractivity contribution in [2.24, 2.45) is 56.7 Å². The van der Waals surface area contributed by atoms with Crippen molar-refractivity contribution in [1.82, 2.24) is 0 Å². The molecule has 0 radical (unpaired) electrons. The van der Waals surface area contributed by atoms with Gasteiger partial charge in [-0.2, -0.15) is 0 Å². The summed E-state index contributed by atoms with van der Waals surface area (Å²) in [6.07, 6.45) is -12.5. The van der Waals surface area contributed by atoms with E-state index in [2.05, 4.69) is 40.7 Å². The standard InChI is InChI=1S/C47H76O18/c1-43(2)15-22-21(23(16-43)39(59)65-41-37(58)34(55)32(53)26(17-48)61-41)9-13-46(5)24(22)7-8-29-44(3)12-11-30(45(4,20-50)28(44)10-14-47(29,46)6)63-42-38(35(56)33(54)27(18-49)62-42)64-40-36(57)31(52)25(51)19-60-40/h7,21-23,25-38,40-42,48-58H,8-20H2,1-6H3/t21-,22+,23+,25+,26-,27-,28+,29-,30-,31+,32-,33-,34+,35-,36+,37-,38-,40+,41+,42+,44+,45-,46-,47+/m1/s1. The molecule has 18 heteroatoms. The van der Waals surface area contributed by atoms with Gasteiger partial charge in [0.25, 0.3) is 0 Å². The van der Waals surface area contributed by atoms with E-state index >= 15 is 0 Å². The highest BCUT2D eigenvalue weighted by molar-refractivity contribution is 5.73. The number of ether oxygens (including phenoxy) is 6. The van der Waals surface area contributed by atoms with E-state index in [0.29, 0.717) is 12.8 Å². The smallest absolute Gasteiger partial charge is 0.311 e. The summed E-state index contributed by atoms with van der Waals surface area (Å²) < 4.78 is 35.6. The Hall–Kier alpha value is -1.43. The Morgan fingerprint density at radius 3 is 2.00 bits per heavy atom. The zero-order valence-corrected chi connectivity index (χ0v) is 38.6. The lowest BCUT2D eigenvalue weighted by Crippen LogP contribution is -2.67. The summed E-state index contributed by atoms with van der Waals surface area (Å²) in [4.78, 5) is 14.2. The molecule has 11 N–H and O–H groups in total. The second-order valence-electron chi connectivity index (χ2n) is 22.8. The molecule has 24 atom stereocenters. The van der Waals surface area contributed by atoms with Gasteiger partial charge >= 0.3 is 5.97 Å². The Labute approximate surface area is 380 Å². The number of hydrogen-bond donors (Lipinski definition) is 11. The van der Waals surface area contributed by atoms with Gasteiger partial charge in [0.05, 0.1) is 38.4 Å². The lowest BCUT2D eigenvalue weighted by Gasteiger charge is -2.71. The number of aliphatic hydroxyl groups is 11. The van der Waals surface area contributed by atoms with Crippen molar-refractivity contribution in [1.29, 1.82) is 0 Å². The van der Waals surface area contributed by atoms with Gasteiger partial charge in [-0.3, -0.25) is 4.79 Å². The molecule has 18 nitrogen and oxygen atoms in total. The fraction of sp³-hybridized carbons (Fsp3) is 0.936. The molecule has 3 heterocycles. The molecule has 0 aromatic rings. The van der Waals surface area contributed by atoms with Crippen molar-refractivity contribution in [3.05, 3.63) is 11.6 Å². The lowest BCUT2D eigenvalue weighted by molar-refractivity contribution is -0.371. The highest BCUT2D eigenvalue weighted by Crippen LogP contribution is 2.75. The zero-order valence-electron chi connectivity index (χ0n) is 38.6. The van der Waals surface area contributed by atoms with Crippen LogP contribution >= 0.6 is 0 Å². The molecule has 372 valence electrons. The third-order valence-corrected chi connectivity index (χ3v) is 18.8. The maximum Gasteiger partial charge on any atom is 0.311 e. The van der Waals surface area contributed by atoms with Gasteiger partial charge in [-0.1, -0.05) is 53.2 Å². The predicted octanol–water partition coefficient (Wildman–Crippen LogP) is -0.392. The molecule has 0 spiro atoms. The van der Waals surface area contributed by atoms with Gasteiger partial charge in [0, 0.05) is 5.41 Å². The third-order valence-electron chi connectivity index (χ3n) is 18.8. The van der Waals surface area contributed by atoms with E-state index < -0.39 is 123 Å². The first kappa shape index (κ1) is 50.0. The monoisotopic (exact) mass is 929 g/mol. The van der Waals surface area contributed by atoms with E-state index in [4.69, 9.17) is 28.4 Å². The number of rotatable bonds is 9. The second-order valence-corrected chi connectivity index (χ2v) is 22.8. The minimum absolute atomic E-state index is 0.0193. The van der Waals surface area contributed by atoms with Gasteiger partial charge in [0.2, 0.25) is 6.29 Å². The van der Waals surface area contributed by atoms with Crippen LogP contribution in [0.3, 0.4) is 0 Å². The average molecular weight is 929 g/mol. The summed E-state index contributed by atoms with van der Waals surface area (Å²) in [5.74, 6) is -0.759. The molecule has 3 saturated heterocycles. The summed E-state index contributed by atoms with van der Waals surface area (Å²) in [7, 11) is 0. The number of hydrogen-bond acceptors (Lipinski definition) is 18. The largest absolute Gasteiger partial charge is 0.432 e. The van der Waals surface area contributed by atoms with Crippen molar-refractivity contribution < 1.29 is 89.4 Å². The summed E-state index contributed by atoms with van der Waals surface area (Å²) in [6.45, 7) is 11.7. The second kappa shape index (κ2) is 18.1. The third kappa shape index (κ3) is 8.08. The summed E-state index contributed by atoms with van der Waals surface area (Å²) in [5.41, 5.74) is -0.275. The van der Waals surface area contributed by atoms with Crippen LogP contribution in [0.15, 0.2) is 11.6 Å². The van der Waals surface area contributed by atoms with Crippen LogP contribution in [0, 0.1) is 56.7 Å². The van der Waals surface area contributed by atoms with E-state index in [1.165, 1.54) is 5.57 Å². The van der Waals surface area contributed by atoms with Crippen LogP contribution in [0.1, 0.15) is 99.3 Å². The highest BCUT2D eigenvalue weighted by atomic mass is 16.8. The summed E-state index contributed by atoms with van der Waals surface area (Å²) in [6, 6.07) is 0. The first-order valence-corrected chi connectivity index (χ1v) is 23.9. The number of aliphatic hydroxyl groups excluding tert-OH is 11. The van der Waals surface area contributed by atoms with Crippen LogP contribution in [0.4, 0.5) is 0 Å². The molecule has 0 amide bonds. The molecular formula is C47H76O18. The topological polar surface area (TPSA) is 295 Å². The van der Waals surface area contributed by atoms with E-state index in [-0.39, 0.29) is 58.5 Å². The molecule has 65 heavy (non-hydrogen) atoms. The molecule has 8 rings (SSSR count). The number of fused-ring (bicyclic) bond motifs is 7. The van der Waals surface area contributed by atoms with Gasteiger partial charge in [-0.05, 0) is 103 Å². The minimum atomic E-state index is -1.69. The maximum absolute atomic E-state index is 14.2. The van der Waals surface area contributed by atoms with Crippen molar-refractivity contribution in [2.75, 3.05) is 26.4 Å². The van der Waals surface area contributed by atoms with Crippen LogP contribution in [0.2, 0.25) is 0 Å². The van der Waals surface area contributed by atoms with Crippen molar-refractivity contribution >= 4 is 5.97 Å². The normalized spacial score (nSPS) is 54.3. The molecule has 0 unspecified atom stereocenters. The van der Waals surface area contributed by atoms with Gasteiger partial charge in [-0.15, -0.1) is 0 Å². The number of allylic oxidation sites excluding steroid dienone is 2. The van der Waals surface area contributed by atoms with Crippen molar-refractivity contribution in [2.45, 2.75) is 191 Å². The Bertz CT molecular complexity index is 1750. The fourth-order valence-electron chi connectivity index (χ4n) is 15.0. The summed E-state index contributed by atoms with van der Waals surface area (Å²) >= 11 is 0. The number of carbonyl (C=O) groups excluding carboxylic acids is 1. The Kier molecular flexibility index (Phi) is 13.9. The van der Waals surface area contributed by atoms with Crippen molar-refractivity contribution in [3.63, 3.8) is 0 Å². The maximum atomic E-state index is 14.2. The van der Waals surface area contributed by atoms with Crippen LogP contribution in [0.25, 0.3) is 0 Å².